The number of morpholine rings is 1. The first-order valence-corrected chi connectivity index (χ1v) is 10.9. The van der Waals surface area contributed by atoms with Gasteiger partial charge in [-0.2, -0.15) is 0 Å². The summed E-state index contributed by atoms with van der Waals surface area (Å²) in [5, 5.41) is 5.81. The number of hydrogen-bond donors (Lipinski definition) is 1. The lowest BCUT2D eigenvalue weighted by molar-refractivity contribution is -0.115. The number of aryl methyl sites for hydroxylation is 1. The third-order valence-corrected chi connectivity index (χ3v) is 5.73. The van der Waals surface area contributed by atoms with Crippen molar-refractivity contribution in [3.05, 3.63) is 70.2 Å². The summed E-state index contributed by atoms with van der Waals surface area (Å²) in [5.74, 6) is 0.738. The van der Waals surface area contributed by atoms with Crippen LogP contribution in [0.5, 0.6) is 5.75 Å². The lowest BCUT2D eigenvalue weighted by atomic mass is 10.2. The highest BCUT2D eigenvalue weighted by molar-refractivity contribution is 7.09. The molecule has 1 N–H and O–H groups in total. The fraction of sp³-hybridized carbons (Fsp3) is 0.304. The highest BCUT2D eigenvalue weighted by atomic mass is 32.1. The summed E-state index contributed by atoms with van der Waals surface area (Å²) in [6, 6.07) is 15.8. The number of nitrogens with one attached hydrogen (secondary N) is 1. The zero-order valence-electron chi connectivity index (χ0n) is 17.0. The van der Waals surface area contributed by atoms with Crippen molar-refractivity contribution in [2.45, 2.75) is 20.0 Å². The van der Waals surface area contributed by atoms with E-state index in [1.165, 1.54) is 16.9 Å². The maximum Gasteiger partial charge on any atom is 0.230 e. The quantitative estimate of drug-likeness (QED) is 0.621. The Hall–Kier alpha value is -2.90. The molecule has 156 valence electrons. The Morgan fingerprint density at radius 1 is 1.17 bits per heavy atom. The molecule has 1 aliphatic rings. The molecule has 0 radical (unpaired) electrons. The summed E-state index contributed by atoms with van der Waals surface area (Å²) in [6.45, 7) is 5.49. The van der Waals surface area contributed by atoms with Crippen LogP contribution in [0.1, 0.15) is 16.3 Å². The van der Waals surface area contributed by atoms with E-state index in [0.29, 0.717) is 19.8 Å². The van der Waals surface area contributed by atoms with Gasteiger partial charge in [-0.3, -0.25) is 4.79 Å². The maximum absolute atomic E-state index is 12.6. The molecule has 2 aromatic carbocycles. The molecule has 30 heavy (non-hydrogen) atoms. The number of rotatable bonds is 7. The highest BCUT2D eigenvalue weighted by Crippen LogP contribution is 2.26. The predicted molar refractivity (Wildman–Crippen MR) is 119 cm³/mol. The first-order valence-electron chi connectivity index (χ1n) is 10.0. The minimum atomic E-state index is -0.0768. The maximum atomic E-state index is 12.6. The van der Waals surface area contributed by atoms with Crippen LogP contribution in [0.3, 0.4) is 0 Å². The Bertz CT molecular complexity index is 981. The summed E-state index contributed by atoms with van der Waals surface area (Å²) in [4.78, 5) is 19.4. The molecule has 1 amide bonds. The van der Waals surface area contributed by atoms with E-state index in [1.807, 2.05) is 60.8 Å². The number of ether oxygens (including phenoxy) is 2. The number of benzene rings is 2. The van der Waals surface area contributed by atoms with E-state index in [1.54, 1.807) is 0 Å². The number of hydrogen-bond acceptors (Lipinski definition) is 6. The second kappa shape index (κ2) is 9.73. The minimum absolute atomic E-state index is 0.0768. The lowest BCUT2D eigenvalue weighted by Gasteiger charge is -2.30. The van der Waals surface area contributed by atoms with Crippen LogP contribution in [0.4, 0.5) is 11.4 Å². The van der Waals surface area contributed by atoms with Crippen LogP contribution >= 0.6 is 11.3 Å². The van der Waals surface area contributed by atoms with E-state index in [0.717, 1.165) is 40.9 Å². The molecule has 1 saturated heterocycles. The molecule has 0 spiro atoms. The van der Waals surface area contributed by atoms with Crippen molar-refractivity contribution in [1.82, 2.24) is 4.98 Å². The third-order valence-electron chi connectivity index (χ3n) is 4.85. The van der Waals surface area contributed by atoms with Crippen molar-refractivity contribution in [3.8, 4) is 5.75 Å². The van der Waals surface area contributed by atoms with Gasteiger partial charge in [-0.1, -0.05) is 29.8 Å². The van der Waals surface area contributed by atoms with Gasteiger partial charge in [-0.05, 0) is 31.2 Å². The fourth-order valence-electron chi connectivity index (χ4n) is 3.29. The number of carbonyl (C=O) groups excluding carboxylic acids is 1. The van der Waals surface area contributed by atoms with Crippen LogP contribution in [-0.2, 0) is 22.6 Å². The molecule has 4 rings (SSSR count). The average Bonchev–Trinajstić information content (AvgIpc) is 3.21. The fourth-order valence-corrected chi connectivity index (χ4v) is 4.00. The van der Waals surface area contributed by atoms with Crippen LogP contribution in [0.25, 0.3) is 0 Å². The number of anilines is 2. The number of carbonyl (C=O) groups is 1. The van der Waals surface area contributed by atoms with Crippen molar-refractivity contribution in [2.24, 2.45) is 0 Å². The molecule has 2 heterocycles. The molecule has 0 unspecified atom stereocenters. The van der Waals surface area contributed by atoms with Crippen molar-refractivity contribution >= 4 is 28.6 Å². The van der Waals surface area contributed by atoms with Gasteiger partial charge in [0, 0.05) is 18.5 Å². The van der Waals surface area contributed by atoms with Crippen molar-refractivity contribution in [1.29, 1.82) is 0 Å². The van der Waals surface area contributed by atoms with Gasteiger partial charge in [0.25, 0.3) is 0 Å². The van der Waals surface area contributed by atoms with Gasteiger partial charge in [0.1, 0.15) is 17.4 Å². The number of thiazole rings is 1. The first kappa shape index (κ1) is 20.4. The number of amides is 1. The Kier molecular flexibility index (Phi) is 6.61. The van der Waals surface area contributed by atoms with Crippen LogP contribution in [0.15, 0.2) is 53.9 Å². The summed E-state index contributed by atoms with van der Waals surface area (Å²) in [7, 11) is 0. The zero-order valence-corrected chi connectivity index (χ0v) is 17.8. The van der Waals surface area contributed by atoms with Gasteiger partial charge >= 0.3 is 0 Å². The van der Waals surface area contributed by atoms with Crippen molar-refractivity contribution < 1.29 is 14.3 Å². The number of para-hydroxylation sites is 2. The molecule has 1 aliphatic heterocycles. The third kappa shape index (κ3) is 5.37. The molecule has 7 heteroatoms. The lowest BCUT2D eigenvalue weighted by Crippen LogP contribution is -2.36. The van der Waals surface area contributed by atoms with Gasteiger partial charge in [-0.25, -0.2) is 4.98 Å². The zero-order chi connectivity index (χ0) is 20.8. The molecular formula is C23H25N3O3S. The van der Waals surface area contributed by atoms with Gasteiger partial charge in [-0.15, -0.1) is 11.3 Å². The summed E-state index contributed by atoms with van der Waals surface area (Å²) in [6.07, 6.45) is 0.235. The van der Waals surface area contributed by atoms with Crippen LogP contribution in [0, 0.1) is 6.92 Å². The molecule has 0 atom stereocenters. The molecule has 0 bridgehead atoms. The van der Waals surface area contributed by atoms with E-state index in [2.05, 4.69) is 15.2 Å². The van der Waals surface area contributed by atoms with Crippen molar-refractivity contribution in [2.75, 3.05) is 36.5 Å². The Balaban J connectivity index is 1.33. The summed E-state index contributed by atoms with van der Waals surface area (Å²) < 4.78 is 11.2. The molecule has 0 aliphatic carbocycles. The SMILES string of the molecule is Cc1ccc(OCc2nc(CC(=O)Nc3ccccc3N3CCOCC3)cs2)cc1. The van der Waals surface area contributed by atoms with E-state index >= 15 is 0 Å². The molecule has 3 aromatic rings. The second-order valence-electron chi connectivity index (χ2n) is 7.18. The van der Waals surface area contributed by atoms with E-state index < -0.39 is 0 Å². The number of nitrogens with zero attached hydrogens (tertiary/aromatic N) is 2. The van der Waals surface area contributed by atoms with Crippen LogP contribution < -0.4 is 15.0 Å². The van der Waals surface area contributed by atoms with Gasteiger partial charge in [0.2, 0.25) is 5.91 Å². The Morgan fingerprint density at radius 3 is 2.73 bits per heavy atom. The van der Waals surface area contributed by atoms with Gasteiger partial charge in [0.15, 0.2) is 0 Å². The molecule has 0 saturated carbocycles. The largest absolute Gasteiger partial charge is 0.486 e. The van der Waals surface area contributed by atoms with Crippen LogP contribution in [-0.4, -0.2) is 37.2 Å². The minimum Gasteiger partial charge on any atom is -0.486 e. The van der Waals surface area contributed by atoms with Crippen molar-refractivity contribution in [3.63, 3.8) is 0 Å². The molecule has 1 fully saturated rings. The average molecular weight is 424 g/mol. The topological polar surface area (TPSA) is 63.7 Å². The summed E-state index contributed by atoms with van der Waals surface area (Å²) in [5.41, 5.74) is 3.80. The Morgan fingerprint density at radius 2 is 1.93 bits per heavy atom. The second-order valence-corrected chi connectivity index (χ2v) is 8.12. The molecule has 6 nitrogen and oxygen atoms in total. The van der Waals surface area contributed by atoms with E-state index in [-0.39, 0.29) is 12.3 Å². The van der Waals surface area contributed by atoms with Gasteiger partial charge in [0.05, 0.1) is 36.7 Å². The Labute approximate surface area is 180 Å². The molecule has 1 aromatic heterocycles. The van der Waals surface area contributed by atoms with E-state index in [9.17, 15) is 4.79 Å². The van der Waals surface area contributed by atoms with E-state index in [4.69, 9.17) is 9.47 Å². The van der Waals surface area contributed by atoms with Gasteiger partial charge < -0.3 is 19.7 Å². The van der Waals surface area contributed by atoms with Crippen LogP contribution in [0.2, 0.25) is 0 Å². The summed E-state index contributed by atoms with van der Waals surface area (Å²) >= 11 is 1.51. The number of aromatic nitrogens is 1. The standard InChI is InChI=1S/C23H25N3O3S/c1-17-6-8-19(9-7-17)29-15-23-24-18(16-30-23)14-22(27)25-20-4-2-3-5-21(20)26-10-12-28-13-11-26/h2-9,16H,10-15H2,1H3,(H,25,27). The normalized spacial score (nSPS) is 13.8. The monoisotopic (exact) mass is 423 g/mol. The first-order chi connectivity index (χ1) is 14.7. The predicted octanol–water partition coefficient (Wildman–Crippen LogP) is 4.05. The smallest absolute Gasteiger partial charge is 0.230 e. The molecular weight excluding hydrogens is 398 g/mol. The highest BCUT2D eigenvalue weighted by Gasteiger charge is 2.16.